The number of carbonyl (C=O) groups is 1. The zero-order chi connectivity index (χ0) is 14.7. The van der Waals surface area contributed by atoms with Crippen molar-refractivity contribution in [1.82, 2.24) is 14.8 Å². The summed E-state index contributed by atoms with van der Waals surface area (Å²) in [6, 6.07) is 5.36. The molecule has 102 valence electrons. The Morgan fingerprint density at radius 2 is 2.25 bits per heavy atom. The van der Waals surface area contributed by atoms with Crippen LogP contribution in [0.25, 0.3) is 11.3 Å². The Bertz CT molecular complexity index is 698. The summed E-state index contributed by atoms with van der Waals surface area (Å²) in [6.07, 6.45) is 1.61. The quantitative estimate of drug-likeness (QED) is 0.795. The summed E-state index contributed by atoms with van der Waals surface area (Å²) in [5.41, 5.74) is 3.10. The molecule has 0 atom stereocenters. The number of ether oxygens (including phenoxy) is 1. The molecule has 0 fully saturated rings. The van der Waals surface area contributed by atoms with Gasteiger partial charge >= 0.3 is 5.97 Å². The van der Waals surface area contributed by atoms with E-state index in [4.69, 9.17) is 10.00 Å². The molecule has 6 nitrogen and oxygen atoms in total. The Balaban J connectivity index is 2.44. The van der Waals surface area contributed by atoms with Crippen molar-refractivity contribution in [3.8, 4) is 17.3 Å². The number of pyridine rings is 1. The van der Waals surface area contributed by atoms with Crippen LogP contribution in [0, 0.1) is 18.3 Å². The lowest BCUT2D eigenvalue weighted by molar-refractivity contribution is 0.0518. The van der Waals surface area contributed by atoms with E-state index in [2.05, 4.69) is 10.1 Å². The molecule has 0 unspecified atom stereocenters. The lowest BCUT2D eigenvalue weighted by Gasteiger charge is -2.05. The Kier molecular flexibility index (Phi) is 3.80. The van der Waals surface area contributed by atoms with E-state index < -0.39 is 5.97 Å². The zero-order valence-corrected chi connectivity index (χ0v) is 11.5. The maximum absolute atomic E-state index is 11.7. The van der Waals surface area contributed by atoms with Gasteiger partial charge in [0.2, 0.25) is 0 Å². The number of carbonyl (C=O) groups excluding carboxylic acids is 1. The van der Waals surface area contributed by atoms with Crippen molar-refractivity contribution in [2.24, 2.45) is 7.05 Å². The molecule has 2 heterocycles. The molecule has 6 heteroatoms. The molecule has 2 rings (SSSR count). The molecule has 0 aromatic carbocycles. The van der Waals surface area contributed by atoms with Crippen LogP contribution in [-0.4, -0.2) is 27.3 Å². The summed E-state index contributed by atoms with van der Waals surface area (Å²) in [5.74, 6) is -0.450. The number of aryl methyl sites for hydroxylation is 2. The predicted molar refractivity (Wildman–Crippen MR) is 71.8 cm³/mol. The highest BCUT2D eigenvalue weighted by atomic mass is 16.5. The number of nitrogens with zero attached hydrogens (tertiary/aromatic N) is 4. The molecule has 0 N–H and O–H groups in total. The molecule has 0 aliphatic carbocycles. The third-order valence-corrected chi connectivity index (χ3v) is 2.87. The van der Waals surface area contributed by atoms with Crippen LogP contribution < -0.4 is 0 Å². The van der Waals surface area contributed by atoms with E-state index in [1.807, 2.05) is 13.0 Å². The van der Waals surface area contributed by atoms with Crippen LogP contribution in [0.5, 0.6) is 0 Å². The second-order valence-corrected chi connectivity index (χ2v) is 4.26. The molecule has 0 saturated heterocycles. The summed E-state index contributed by atoms with van der Waals surface area (Å²) >= 11 is 0. The molecule has 0 bridgehead atoms. The summed E-state index contributed by atoms with van der Waals surface area (Å²) in [5, 5.41) is 13.0. The lowest BCUT2D eigenvalue weighted by Crippen LogP contribution is -2.06. The SMILES string of the molecule is CCOC(=O)c1cc(-c2cnc(C#N)cc2C)n(C)n1. The van der Waals surface area contributed by atoms with E-state index in [0.29, 0.717) is 12.3 Å². The highest BCUT2D eigenvalue weighted by Gasteiger charge is 2.16. The maximum Gasteiger partial charge on any atom is 0.358 e. The Hall–Kier alpha value is -2.68. The van der Waals surface area contributed by atoms with Gasteiger partial charge in [-0.1, -0.05) is 0 Å². The van der Waals surface area contributed by atoms with Gasteiger partial charge in [0.1, 0.15) is 11.8 Å². The van der Waals surface area contributed by atoms with Crippen molar-refractivity contribution in [2.75, 3.05) is 6.61 Å². The molecule has 0 amide bonds. The van der Waals surface area contributed by atoms with Crippen molar-refractivity contribution >= 4 is 5.97 Å². The van der Waals surface area contributed by atoms with E-state index in [1.54, 1.807) is 37.0 Å². The van der Waals surface area contributed by atoms with Gasteiger partial charge in [0, 0.05) is 18.8 Å². The van der Waals surface area contributed by atoms with Crippen LogP contribution in [-0.2, 0) is 11.8 Å². The summed E-state index contributed by atoms with van der Waals surface area (Å²) in [7, 11) is 1.75. The minimum atomic E-state index is -0.450. The molecule has 2 aromatic rings. The van der Waals surface area contributed by atoms with Gasteiger partial charge in [-0.3, -0.25) is 4.68 Å². The average Bonchev–Trinajstić information content (AvgIpc) is 2.81. The van der Waals surface area contributed by atoms with E-state index in [0.717, 1.165) is 16.8 Å². The summed E-state index contributed by atoms with van der Waals surface area (Å²) in [6.45, 7) is 3.94. The first-order valence-corrected chi connectivity index (χ1v) is 6.15. The van der Waals surface area contributed by atoms with E-state index in [9.17, 15) is 4.79 Å². The molecule has 0 radical (unpaired) electrons. The first-order valence-electron chi connectivity index (χ1n) is 6.15. The first kappa shape index (κ1) is 13.7. The Labute approximate surface area is 116 Å². The molecular weight excluding hydrogens is 256 g/mol. The monoisotopic (exact) mass is 270 g/mol. The van der Waals surface area contributed by atoms with E-state index in [1.165, 1.54) is 0 Å². The van der Waals surface area contributed by atoms with Crippen molar-refractivity contribution < 1.29 is 9.53 Å². The van der Waals surface area contributed by atoms with Crippen LogP contribution in [0.3, 0.4) is 0 Å². The largest absolute Gasteiger partial charge is 0.461 e. The van der Waals surface area contributed by atoms with Crippen LogP contribution >= 0.6 is 0 Å². The third-order valence-electron chi connectivity index (χ3n) is 2.87. The van der Waals surface area contributed by atoms with Crippen molar-refractivity contribution in [3.05, 3.63) is 35.3 Å². The predicted octanol–water partition coefficient (Wildman–Crippen LogP) is 1.84. The van der Waals surface area contributed by atoms with Gasteiger partial charge in [0.05, 0.1) is 12.3 Å². The molecule has 0 aliphatic rings. The van der Waals surface area contributed by atoms with Gasteiger partial charge in [-0.15, -0.1) is 0 Å². The second kappa shape index (κ2) is 5.53. The number of rotatable bonds is 3. The molecule has 2 aromatic heterocycles. The summed E-state index contributed by atoms with van der Waals surface area (Å²) in [4.78, 5) is 15.7. The molecule has 20 heavy (non-hydrogen) atoms. The number of nitriles is 1. The maximum atomic E-state index is 11.7. The van der Waals surface area contributed by atoms with E-state index >= 15 is 0 Å². The van der Waals surface area contributed by atoms with Gasteiger partial charge in [-0.25, -0.2) is 9.78 Å². The van der Waals surface area contributed by atoms with Crippen molar-refractivity contribution in [2.45, 2.75) is 13.8 Å². The highest BCUT2D eigenvalue weighted by molar-refractivity contribution is 5.88. The number of hydrogen-bond acceptors (Lipinski definition) is 5. The van der Waals surface area contributed by atoms with Gasteiger partial charge in [-0.05, 0) is 31.5 Å². The fourth-order valence-electron chi connectivity index (χ4n) is 1.91. The minimum Gasteiger partial charge on any atom is -0.461 e. The second-order valence-electron chi connectivity index (χ2n) is 4.26. The van der Waals surface area contributed by atoms with Gasteiger partial charge < -0.3 is 4.74 Å². The molecule has 0 aliphatic heterocycles. The first-order chi connectivity index (χ1) is 9.56. The zero-order valence-electron chi connectivity index (χ0n) is 11.5. The minimum absolute atomic E-state index is 0.258. The van der Waals surface area contributed by atoms with Crippen LogP contribution in [0.1, 0.15) is 28.7 Å². The molecule has 0 saturated carbocycles. The van der Waals surface area contributed by atoms with E-state index in [-0.39, 0.29) is 5.69 Å². The standard InChI is InChI=1S/C14H14N4O2/c1-4-20-14(19)12-6-13(18(3)17-12)11-8-16-10(7-15)5-9(11)2/h5-6,8H,4H2,1-3H3. The highest BCUT2D eigenvalue weighted by Crippen LogP contribution is 2.23. The Morgan fingerprint density at radius 1 is 1.50 bits per heavy atom. The van der Waals surface area contributed by atoms with Crippen LogP contribution in [0.2, 0.25) is 0 Å². The van der Waals surface area contributed by atoms with Gasteiger partial charge in [0.25, 0.3) is 0 Å². The Morgan fingerprint density at radius 3 is 2.85 bits per heavy atom. The van der Waals surface area contributed by atoms with Crippen molar-refractivity contribution in [3.63, 3.8) is 0 Å². The number of esters is 1. The van der Waals surface area contributed by atoms with Crippen LogP contribution in [0.15, 0.2) is 18.3 Å². The lowest BCUT2D eigenvalue weighted by atomic mass is 10.1. The third kappa shape index (κ3) is 2.52. The fourth-order valence-corrected chi connectivity index (χ4v) is 1.91. The van der Waals surface area contributed by atoms with Gasteiger partial charge in [0.15, 0.2) is 5.69 Å². The molecule has 0 spiro atoms. The van der Waals surface area contributed by atoms with Crippen LogP contribution in [0.4, 0.5) is 0 Å². The van der Waals surface area contributed by atoms with Gasteiger partial charge in [-0.2, -0.15) is 10.4 Å². The summed E-state index contributed by atoms with van der Waals surface area (Å²) < 4.78 is 6.52. The van der Waals surface area contributed by atoms with Crippen molar-refractivity contribution in [1.29, 1.82) is 5.26 Å². The number of hydrogen-bond donors (Lipinski definition) is 0. The average molecular weight is 270 g/mol. The normalized spacial score (nSPS) is 10.1. The fraction of sp³-hybridized carbons (Fsp3) is 0.286. The smallest absolute Gasteiger partial charge is 0.358 e. The molecular formula is C14H14N4O2. The topological polar surface area (TPSA) is 80.8 Å². The number of aromatic nitrogens is 3.